The lowest BCUT2D eigenvalue weighted by molar-refractivity contribution is -0.126. The average Bonchev–Trinajstić information content (AvgIpc) is 2.96. The van der Waals surface area contributed by atoms with E-state index in [4.69, 9.17) is 0 Å². The van der Waals surface area contributed by atoms with Crippen molar-refractivity contribution >= 4 is 32.6 Å². The van der Waals surface area contributed by atoms with Crippen molar-refractivity contribution in [2.75, 3.05) is 18.0 Å². The predicted octanol–water partition coefficient (Wildman–Crippen LogP) is 3.75. The van der Waals surface area contributed by atoms with Gasteiger partial charge in [-0.15, -0.1) is 0 Å². The van der Waals surface area contributed by atoms with Gasteiger partial charge in [-0.1, -0.05) is 41.7 Å². The molecule has 1 unspecified atom stereocenters. The summed E-state index contributed by atoms with van der Waals surface area (Å²) in [6, 6.07) is 14.5. The molecule has 4 nitrogen and oxygen atoms in total. The molecule has 1 atom stereocenters. The Morgan fingerprint density at radius 2 is 2.04 bits per heavy atom. The second-order valence-electron chi connectivity index (χ2n) is 6.35. The number of hydrogen-bond donors (Lipinski definition) is 1. The van der Waals surface area contributed by atoms with Crippen molar-refractivity contribution in [3.05, 3.63) is 59.9 Å². The summed E-state index contributed by atoms with van der Waals surface area (Å²) in [4.78, 5) is 19.0. The summed E-state index contributed by atoms with van der Waals surface area (Å²) < 4.78 is 14.1. The third kappa shape index (κ3) is 3.22. The maximum absolute atomic E-state index is 13.3. The monoisotopic (exact) mass is 355 g/mol. The third-order valence-electron chi connectivity index (χ3n) is 4.52. The number of hydrogen-bond acceptors (Lipinski definition) is 4. The van der Waals surface area contributed by atoms with Crippen molar-refractivity contribution in [3.63, 3.8) is 0 Å². The first-order valence-corrected chi connectivity index (χ1v) is 9.08. The van der Waals surface area contributed by atoms with Crippen LogP contribution in [0.5, 0.6) is 0 Å². The molecule has 1 N–H and O–H groups in total. The Kier molecular flexibility index (Phi) is 4.13. The molecule has 3 aromatic rings. The molecule has 2 aromatic carbocycles. The van der Waals surface area contributed by atoms with Gasteiger partial charge in [0.05, 0.1) is 22.2 Å². The molecule has 1 aromatic heterocycles. The lowest BCUT2D eigenvalue weighted by atomic mass is 9.99. The van der Waals surface area contributed by atoms with Crippen LogP contribution < -0.4 is 10.2 Å². The summed E-state index contributed by atoms with van der Waals surface area (Å²) >= 11 is 1.46. The molecular formula is C19H18FN3OS. The molecule has 2 heterocycles. The van der Waals surface area contributed by atoms with Crippen LogP contribution in [0.4, 0.5) is 9.52 Å². The zero-order valence-corrected chi connectivity index (χ0v) is 14.6. The van der Waals surface area contributed by atoms with E-state index < -0.39 is 0 Å². The highest BCUT2D eigenvalue weighted by molar-refractivity contribution is 7.22. The van der Waals surface area contributed by atoms with Crippen LogP contribution in [0.2, 0.25) is 0 Å². The molecular weight excluding hydrogens is 337 g/mol. The minimum absolute atomic E-state index is 0.00632. The Labute approximate surface area is 149 Å². The molecule has 4 rings (SSSR count). The van der Waals surface area contributed by atoms with Crippen LogP contribution >= 0.6 is 11.3 Å². The summed E-state index contributed by atoms with van der Waals surface area (Å²) in [7, 11) is 0. The van der Waals surface area contributed by atoms with Crippen LogP contribution in [0.3, 0.4) is 0 Å². The number of thiazole rings is 1. The van der Waals surface area contributed by atoms with Crippen LogP contribution in [0.25, 0.3) is 10.2 Å². The Morgan fingerprint density at radius 3 is 2.80 bits per heavy atom. The van der Waals surface area contributed by atoms with E-state index in [-0.39, 0.29) is 23.7 Å². The molecule has 1 aliphatic rings. The van der Waals surface area contributed by atoms with Gasteiger partial charge in [-0.3, -0.25) is 4.79 Å². The Bertz CT molecular complexity index is 905. The average molecular weight is 355 g/mol. The third-order valence-corrected chi connectivity index (χ3v) is 5.60. The smallest absolute Gasteiger partial charge is 0.227 e. The Morgan fingerprint density at radius 1 is 1.28 bits per heavy atom. The SMILES string of the molecule is CC(NC(=O)C1CN(c2nc3ccc(F)cc3s2)C1)c1ccccc1. The maximum Gasteiger partial charge on any atom is 0.227 e. The number of anilines is 1. The van der Waals surface area contributed by atoms with Crippen molar-refractivity contribution in [1.29, 1.82) is 0 Å². The van der Waals surface area contributed by atoms with E-state index in [2.05, 4.69) is 15.2 Å². The number of aromatic nitrogens is 1. The molecule has 0 saturated carbocycles. The van der Waals surface area contributed by atoms with E-state index in [1.54, 1.807) is 6.07 Å². The largest absolute Gasteiger partial charge is 0.349 e. The fourth-order valence-electron chi connectivity index (χ4n) is 2.98. The fraction of sp³-hybridized carbons (Fsp3) is 0.263. The van der Waals surface area contributed by atoms with E-state index in [0.29, 0.717) is 13.1 Å². The van der Waals surface area contributed by atoms with Gasteiger partial charge in [0.2, 0.25) is 5.91 Å². The zero-order chi connectivity index (χ0) is 17.4. The lowest BCUT2D eigenvalue weighted by Gasteiger charge is -2.38. The van der Waals surface area contributed by atoms with E-state index in [9.17, 15) is 9.18 Å². The lowest BCUT2D eigenvalue weighted by Crippen LogP contribution is -2.54. The standard InChI is InChI=1S/C19H18FN3OS/c1-12(13-5-3-2-4-6-13)21-18(24)14-10-23(11-14)19-22-16-8-7-15(20)9-17(16)25-19/h2-9,12,14H,10-11H2,1H3,(H,21,24). The number of fused-ring (bicyclic) bond motifs is 1. The summed E-state index contributed by atoms with van der Waals surface area (Å²) in [5.41, 5.74) is 1.90. The highest BCUT2D eigenvalue weighted by atomic mass is 32.1. The zero-order valence-electron chi connectivity index (χ0n) is 13.8. The predicted molar refractivity (Wildman–Crippen MR) is 98.3 cm³/mol. The van der Waals surface area contributed by atoms with Crippen molar-refractivity contribution in [2.24, 2.45) is 5.92 Å². The number of amides is 1. The van der Waals surface area contributed by atoms with Crippen molar-refractivity contribution < 1.29 is 9.18 Å². The van der Waals surface area contributed by atoms with Gasteiger partial charge in [0.25, 0.3) is 0 Å². The van der Waals surface area contributed by atoms with E-state index >= 15 is 0 Å². The molecule has 1 aliphatic heterocycles. The second-order valence-corrected chi connectivity index (χ2v) is 7.36. The summed E-state index contributed by atoms with van der Waals surface area (Å²) in [6.45, 7) is 3.29. The van der Waals surface area contributed by atoms with Crippen LogP contribution in [0.15, 0.2) is 48.5 Å². The number of nitrogens with zero attached hydrogens (tertiary/aromatic N) is 2. The molecule has 1 amide bonds. The molecule has 25 heavy (non-hydrogen) atoms. The summed E-state index contributed by atoms with van der Waals surface area (Å²) in [5.74, 6) is -0.215. The van der Waals surface area contributed by atoms with E-state index in [0.717, 1.165) is 20.9 Å². The molecule has 1 fully saturated rings. The summed E-state index contributed by atoms with van der Waals surface area (Å²) in [6.07, 6.45) is 0. The van der Waals surface area contributed by atoms with Crippen molar-refractivity contribution in [2.45, 2.75) is 13.0 Å². The quantitative estimate of drug-likeness (QED) is 0.775. The van der Waals surface area contributed by atoms with Crippen LogP contribution in [0, 0.1) is 11.7 Å². The maximum atomic E-state index is 13.3. The molecule has 0 spiro atoms. The minimum atomic E-state index is -0.251. The number of carbonyl (C=O) groups is 1. The van der Waals surface area contributed by atoms with Gasteiger partial charge in [0.1, 0.15) is 5.82 Å². The van der Waals surface area contributed by atoms with Gasteiger partial charge >= 0.3 is 0 Å². The topological polar surface area (TPSA) is 45.2 Å². The number of rotatable bonds is 4. The van der Waals surface area contributed by atoms with Crippen LogP contribution in [-0.2, 0) is 4.79 Å². The number of benzene rings is 2. The fourth-order valence-corrected chi connectivity index (χ4v) is 3.99. The first-order valence-electron chi connectivity index (χ1n) is 8.26. The number of carbonyl (C=O) groups excluding carboxylic acids is 1. The van der Waals surface area contributed by atoms with Gasteiger partial charge in [0.15, 0.2) is 5.13 Å². The van der Waals surface area contributed by atoms with Gasteiger partial charge < -0.3 is 10.2 Å². The molecule has 6 heteroatoms. The van der Waals surface area contributed by atoms with Crippen LogP contribution in [0.1, 0.15) is 18.5 Å². The first kappa shape index (κ1) is 16.0. The van der Waals surface area contributed by atoms with Crippen LogP contribution in [-0.4, -0.2) is 24.0 Å². The molecule has 0 aliphatic carbocycles. The summed E-state index contributed by atoms with van der Waals surface area (Å²) in [5, 5.41) is 3.92. The van der Waals surface area contributed by atoms with Gasteiger partial charge in [-0.2, -0.15) is 0 Å². The number of halogens is 1. The minimum Gasteiger partial charge on any atom is -0.349 e. The van der Waals surface area contributed by atoms with Gasteiger partial charge in [0, 0.05) is 13.1 Å². The van der Waals surface area contributed by atoms with Crippen molar-refractivity contribution in [3.8, 4) is 0 Å². The molecule has 0 bridgehead atoms. The molecule has 128 valence electrons. The Hall–Kier alpha value is -2.47. The van der Waals surface area contributed by atoms with Gasteiger partial charge in [-0.05, 0) is 30.7 Å². The normalized spacial score (nSPS) is 15.8. The second kappa shape index (κ2) is 6.44. The van der Waals surface area contributed by atoms with Gasteiger partial charge in [-0.25, -0.2) is 9.37 Å². The Balaban J connectivity index is 1.37. The van der Waals surface area contributed by atoms with E-state index in [1.807, 2.05) is 37.3 Å². The molecule has 0 radical (unpaired) electrons. The van der Waals surface area contributed by atoms with E-state index in [1.165, 1.54) is 23.5 Å². The number of nitrogens with one attached hydrogen (secondary N) is 1. The highest BCUT2D eigenvalue weighted by Crippen LogP contribution is 2.33. The molecule has 1 saturated heterocycles. The van der Waals surface area contributed by atoms with Crippen molar-refractivity contribution in [1.82, 2.24) is 10.3 Å². The highest BCUT2D eigenvalue weighted by Gasteiger charge is 2.34. The first-order chi connectivity index (χ1) is 12.1.